The molecule has 1 saturated carbocycles. The molecule has 6 heteroatoms. The van der Waals surface area contributed by atoms with Gasteiger partial charge in [-0.15, -0.1) is 0 Å². The van der Waals surface area contributed by atoms with Crippen molar-refractivity contribution in [3.63, 3.8) is 0 Å². The van der Waals surface area contributed by atoms with Gasteiger partial charge < -0.3 is 10.1 Å². The molecule has 106 valence electrons. The van der Waals surface area contributed by atoms with E-state index in [9.17, 15) is 8.42 Å². The van der Waals surface area contributed by atoms with Gasteiger partial charge in [-0.1, -0.05) is 11.6 Å². The maximum absolute atomic E-state index is 11.3. The van der Waals surface area contributed by atoms with Crippen LogP contribution < -0.4 is 10.1 Å². The number of halogens is 1. The number of sulfone groups is 1. The number of hydrogen-bond donors (Lipinski definition) is 1. The van der Waals surface area contributed by atoms with Gasteiger partial charge in [-0.05, 0) is 31.0 Å². The normalized spacial score (nSPS) is 22.9. The van der Waals surface area contributed by atoms with E-state index in [2.05, 4.69) is 5.32 Å². The van der Waals surface area contributed by atoms with Gasteiger partial charge in [0, 0.05) is 29.4 Å². The Morgan fingerprint density at radius 2 is 2.11 bits per heavy atom. The van der Waals surface area contributed by atoms with Crippen LogP contribution >= 0.6 is 11.6 Å². The molecule has 1 fully saturated rings. The van der Waals surface area contributed by atoms with Crippen LogP contribution in [0.5, 0.6) is 5.75 Å². The van der Waals surface area contributed by atoms with Crippen molar-refractivity contribution in [2.24, 2.45) is 0 Å². The Labute approximate surface area is 119 Å². The molecule has 1 aliphatic rings. The summed E-state index contributed by atoms with van der Waals surface area (Å²) >= 11 is 5.96. The Balaban J connectivity index is 1.89. The Morgan fingerprint density at radius 1 is 1.42 bits per heavy atom. The first-order valence-corrected chi connectivity index (χ1v) is 8.48. The van der Waals surface area contributed by atoms with Gasteiger partial charge in [-0.25, -0.2) is 8.42 Å². The number of nitrogens with one attached hydrogen (secondary N) is 1. The number of methoxy groups -OCH3 is 1. The third-order valence-electron chi connectivity index (χ3n) is 3.52. The monoisotopic (exact) mass is 303 g/mol. The Bertz CT molecular complexity index is 553. The van der Waals surface area contributed by atoms with E-state index in [-0.39, 0.29) is 11.3 Å². The van der Waals surface area contributed by atoms with Gasteiger partial charge in [0.1, 0.15) is 15.6 Å². The van der Waals surface area contributed by atoms with E-state index in [4.69, 9.17) is 16.3 Å². The molecule has 1 aromatic carbocycles. The summed E-state index contributed by atoms with van der Waals surface area (Å²) in [7, 11) is -1.27. The van der Waals surface area contributed by atoms with E-state index in [1.807, 2.05) is 12.1 Å². The van der Waals surface area contributed by atoms with E-state index in [1.165, 1.54) is 6.26 Å². The Kier molecular flexibility index (Phi) is 4.38. The van der Waals surface area contributed by atoms with Crippen LogP contribution in [0, 0.1) is 0 Å². The molecule has 1 N–H and O–H groups in total. The van der Waals surface area contributed by atoms with Crippen molar-refractivity contribution in [3.8, 4) is 5.75 Å². The first kappa shape index (κ1) is 14.6. The highest BCUT2D eigenvalue weighted by Crippen LogP contribution is 2.28. The molecule has 0 saturated heterocycles. The van der Waals surface area contributed by atoms with Gasteiger partial charge in [0.15, 0.2) is 0 Å². The first-order valence-electron chi connectivity index (χ1n) is 6.15. The lowest BCUT2D eigenvalue weighted by atomic mass is 9.92. The van der Waals surface area contributed by atoms with Crippen LogP contribution in [0.3, 0.4) is 0 Å². The van der Waals surface area contributed by atoms with Gasteiger partial charge in [-0.2, -0.15) is 0 Å². The minimum atomic E-state index is -2.89. The zero-order valence-electron chi connectivity index (χ0n) is 11.0. The smallest absolute Gasteiger partial charge is 0.150 e. The van der Waals surface area contributed by atoms with Gasteiger partial charge in [0.05, 0.1) is 12.4 Å². The molecule has 0 amide bonds. The fourth-order valence-electron chi connectivity index (χ4n) is 2.22. The number of hydrogen-bond acceptors (Lipinski definition) is 4. The van der Waals surface area contributed by atoms with Gasteiger partial charge in [-0.3, -0.25) is 0 Å². The zero-order valence-corrected chi connectivity index (χ0v) is 12.6. The summed E-state index contributed by atoms with van der Waals surface area (Å²) in [6.45, 7) is 0.630. The van der Waals surface area contributed by atoms with Crippen LogP contribution in [0.1, 0.15) is 18.4 Å². The molecule has 0 spiro atoms. The molecular formula is C13H18ClNO3S. The van der Waals surface area contributed by atoms with Crippen LogP contribution in [0.4, 0.5) is 0 Å². The van der Waals surface area contributed by atoms with E-state index in [0.717, 1.165) is 11.3 Å². The second kappa shape index (κ2) is 5.69. The predicted molar refractivity (Wildman–Crippen MR) is 76.5 cm³/mol. The van der Waals surface area contributed by atoms with Crippen LogP contribution in [-0.4, -0.2) is 33.1 Å². The Hall–Kier alpha value is -0.780. The van der Waals surface area contributed by atoms with Crippen molar-refractivity contribution >= 4 is 21.4 Å². The molecule has 1 aliphatic carbocycles. The molecule has 0 bridgehead atoms. The quantitative estimate of drug-likeness (QED) is 0.904. The minimum absolute atomic E-state index is 0.189. The summed E-state index contributed by atoms with van der Waals surface area (Å²) in [5.41, 5.74) is 0.984. The highest BCUT2D eigenvalue weighted by molar-refractivity contribution is 7.91. The summed E-state index contributed by atoms with van der Waals surface area (Å²) in [6, 6.07) is 5.73. The molecule has 0 unspecified atom stereocenters. The molecule has 4 nitrogen and oxygen atoms in total. The average Bonchev–Trinajstić information content (AvgIpc) is 2.25. The molecule has 0 atom stereocenters. The van der Waals surface area contributed by atoms with E-state index >= 15 is 0 Å². The number of benzene rings is 1. The van der Waals surface area contributed by atoms with E-state index < -0.39 is 9.84 Å². The first-order chi connectivity index (χ1) is 8.90. The lowest BCUT2D eigenvalue weighted by molar-refractivity contribution is 0.334. The van der Waals surface area contributed by atoms with Crippen LogP contribution in [0.15, 0.2) is 18.2 Å². The largest absolute Gasteiger partial charge is 0.496 e. The molecule has 0 heterocycles. The van der Waals surface area contributed by atoms with Crippen LogP contribution in [0.25, 0.3) is 0 Å². The average molecular weight is 304 g/mol. The van der Waals surface area contributed by atoms with Crippen molar-refractivity contribution in [2.45, 2.75) is 30.7 Å². The SMILES string of the molecule is COc1ccc(Cl)cc1CNC1CC(S(C)(=O)=O)C1. The maximum atomic E-state index is 11.3. The zero-order chi connectivity index (χ0) is 14.0. The summed E-state index contributed by atoms with van der Waals surface area (Å²) in [5, 5.41) is 3.81. The highest BCUT2D eigenvalue weighted by Gasteiger charge is 2.35. The summed E-state index contributed by atoms with van der Waals surface area (Å²) in [5.74, 6) is 0.788. The number of rotatable bonds is 5. The van der Waals surface area contributed by atoms with E-state index in [1.54, 1.807) is 13.2 Å². The molecule has 0 aromatic heterocycles. The molecule has 0 radical (unpaired) electrons. The predicted octanol–water partition coefficient (Wildman–Crippen LogP) is 2.01. The fraction of sp³-hybridized carbons (Fsp3) is 0.538. The van der Waals surface area contributed by atoms with Crippen molar-refractivity contribution in [3.05, 3.63) is 28.8 Å². The van der Waals surface area contributed by atoms with Gasteiger partial charge in [0.25, 0.3) is 0 Å². The highest BCUT2D eigenvalue weighted by atomic mass is 35.5. The summed E-state index contributed by atoms with van der Waals surface area (Å²) in [4.78, 5) is 0. The molecule has 2 rings (SSSR count). The second-order valence-electron chi connectivity index (χ2n) is 4.96. The van der Waals surface area contributed by atoms with Crippen molar-refractivity contribution < 1.29 is 13.2 Å². The Morgan fingerprint density at radius 3 is 2.68 bits per heavy atom. The lowest BCUT2D eigenvalue weighted by Gasteiger charge is -2.34. The van der Waals surface area contributed by atoms with Crippen molar-refractivity contribution in [1.29, 1.82) is 0 Å². The number of ether oxygens (including phenoxy) is 1. The van der Waals surface area contributed by atoms with Crippen molar-refractivity contribution in [2.75, 3.05) is 13.4 Å². The molecule has 19 heavy (non-hydrogen) atoms. The molecule has 0 aliphatic heterocycles. The summed E-state index contributed by atoms with van der Waals surface area (Å²) < 4.78 is 27.9. The second-order valence-corrected chi connectivity index (χ2v) is 7.72. The van der Waals surface area contributed by atoms with Crippen molar-refractivity contribution in [1.82, 2.24) is 5.32 Å². The van der Waals surface area contributed by atoms with Crippen LogP contribution in [-0.2, 0) is 16.4 Å². The van der Waals surface area contributed by atoms with E-state index in [0.29, 0.717) is 24.4 Å². The molecular weight excluding hydrogens is 286 g/mol. The van der Waals surface area contributed by atoms with Crippen LogP contribution in [0.2, 0.25) is 5.02 Å². The lowest BCUT2D eigenvalue weighted by Crippen LogP contribution is -2.47. The topological polar surface area (TPSA) is 55.4 Å². The van der Waals surface area contributed by atoms with Gasteiger partial charge in [0.2, 0.25) is 0 Å². The molecule has 1 aromatic rings. The minimum Gasteiger partial charge on any atom is -0.496 e. The third-order valence-corrected chi connectivity index (χ3v) is 5.35. The van der Waals surface area contributed by atoms with Gasteiger partial charge >= 0.3 is 0 Å². The maximum Gasteiger partial charge on any atom is 0.150 e. The fourth-order valence-corrected chi connectivity index (χ4v) is 3.58. The third kappa shape index (κ3) is 3.61. The standard InChI is InChI=1S/C13H18ClNO3S/c1-18-13-4-3-10(14)5-9(13)8-15-11-6-12(7-11)19(2,16)17/h3-5,11-12,15H,6-8H2,1-2H3. The summed E-state index contributed by atoms with van der Waals surface area (Å²) in [6.07, 6.45) is 2.66.